The number of anilines is 2. The molecule has 470 valence electrons. The number of rotatable bonds is 47. The predicted molar refractivity (Wildman–Crippen MR) is 318 cm³/mol. The summed E-state index contributed by atoms with van der Waals surface area (Å²) in [6, 6.07) is -1.32. The first-order valence-electron chi connectivity index (χ1n) is 30.4. The predicted octanol–water partition coefficient (Wildman–Crippen LogP) is 13.1. The molecule has 0 aliphatic heterocycles. The quantitative estimate of drug-likeness (QED) is 0.0177. The van der Waals surface area contributed by atoms with Crippen molar-refractivity contribution >= 4 is 55.1 Å². The van der Waals surface area contributed by atoms with Crippen LogP contribution in [0.3, 0.4) is 0 Å². The van der Waals surface area contributed by atoms with E-state index < -0.39 is 58.7 Å². The van der Waals surface area contributed by atoms with E-state index in [4.69, 9.17) is 35.7 Å². The number of alkyl halides is 3. The molecule has 0 saturated carbocycles. The summed E-state index contributed by atoms with van der Waals surface area (Å²) in [7, 11) is -8.22. The molecule has 21 nitrogen and oxygen atoms in total. The van der Waals surface area contributed by atoms with Gasteiger partial charge in [0.2, 0.25) is 0 Å². The molecule has 4 aromatic heterocycles. The van der Waals surface area contributed by atoms with Crippen LogP contribution in [0.25, 0.3) is 22.3 Å². The van der Waals surface area contributed by atoms with E-state index in [0.717, 1.165) is 44.9 Å². The highest BCUT2D eigenvalue weighted by Gasteiger charge is 2.40. The van der Waals surface area contributed by atoms with Gasteiger partial charge in [-0.05, 0) is 26.7 Å². The summed E-state index contributed by atoms with van der Waals surface area (Å²) in [5.74, 6) is -1.58. The fraction of sp³-hybridized carbons (Fsp3) is 0.804. The fourth-order valence-electron chi connectivity index (χ4n) is 9.39. The Morgan fingerprint density at radius 2 is 0.902 bits per heavy atom. The van der Waals surface area contributed by atoms with Crippen molar-refractivity contribution in [3.8, 4) is 0 Å². The first-order valence-corrected chi connectivity index (χ1v) is 33.9. The van der Waals surface area contributed by atoms with E-state index in [2.05, 4.69) is 43.8 Å². The molecule has 0 spiro atoms. The minimum absolute atomic E-state index is 0.0479. The summed E-state index contributed by atoms with van der Waals surface area (Å²) in [6.45, 7) is 8.08. The monoisotopic (exact) mass is 1200 g/mol. The molecular formula is C56H101F3N12O9P2. The molecule has 0 aliphatic rings. The maximum absolute atomic E-state index is 12.9. The van der Waals surface area contributed by atoms with Crippen LogP contribution in [-0.2, 0) is 45.5 Å². The van der Waals surface area contributed by atoms with Crippen LogP contribution in [-0.4, -0.2) is 111 Å². The molecule has 9 N–H and O–H groups in total. The van der Waals surface area contributed by atoms with Gasteiger partial charge in [0.05, 0.1) is 57.2 Å². The Morgan fingerprint density at radius 3 is 1.27 bits per heavy atom. The minimum atomic E-state index is -5.07. The Hall–Kier alpha value is -3.86. The standard InChI is InChI=1S/C29H50F3N6O5P.C27H51N6O4P/c1-3-4-5-6-7-8-9-10-11-12-13-14-15-16-17-24(37-28(39)29(30,31)32)19-43-44(40,41)22-42-23(2)18-38-21-36-25-26(33)34-20-35-27(25)38;1-3-4-5-6-7-8-9-10-11-12-13-14-15-16-17-24(28)19-37-38(34,35)22-36-23(2)18-33-21-32-25-26(29)30-20-31-27(25)33/h20-21,23-24H,3-19,22H2,1-2H3,(H,37,39)(H,40,41)(H2,33,34,35);20-21,23-24H,3-19,22,28H2,1-2H3,(H,34,35)(H2,29,30,31)/t2*23-,24-/m11/s1. The molecule has 4 rings (SSSR count). The number of fused-ring (bicyclic) bond motifs is 2. The average Bonchev–Trinajstić information content (AvgIpc) is 4.16. The minimum Gasteiger partial charge on any atom is -0.382 e. The van der Waals surface area contributed by atoms with Crippen LogP contribution in [0.4, 0.5) is 24.8 Å². The highest BCUT2D eigenvalue weighted by Crippen LogP contribution is 2.43. The van der Waals surface area contributed by atoms with Gasteiger partial charge < -0.3 is 60.0 Å². The Balaban J connectivity index is 0.000000435. The number of unbranched alkanes of at least 4 members (excludes halogenated alkanes) is 26. The summed E-state index contributed by atoms with van der Waals surface area (Å²) >= 11 is 0. The van der Waals surface area contributed by atoms with E-state index >= 15 is 0 Å². The number of nitrogens with zero attached hydrogens (tertiary/aromatic N) is 8. The third-order valence-electron chi connectivity index (χ3n) is 14.2. The molecule has 0 radical (unpaired) electrons. The molecule has 0 saturated heterocycles. The lowest BCUT2D eigenvalue weighted by atomic mass is 10.0. The molecule has 6 atom stereocenters. The van der Waals surface area contributed by atoms with Gasteiger partial charge in [0.1, 0.15) is 36.4 Å². The number of hydrogen-bond donors (Lipinski definition) is 6. The molecule has 4 aromatic rings. The topological polar surface area (TPSA) is 306 Å². The van der Waals surface area contributed by atoms with Gasteiger partial charge in [0.25, 0.3) is 0 Å². The third-order valence-corrected chi connectivity index (χ3v) is 16.3. The fourth-order valence-corrected chi connectivity index (χ4v) is 11.3. The zero-order valence-electron chi connectivity index (χ0n) is 49.7. The molecule has 26 heteroatoms. The van der Waals surface area contributed by atoms with Gasteiger partial charge in [-0.2, -0.15) is 13.2 Å². The van der Waals surface area contributed by atoms with Crippen LogP contribution in [0.2, 0.25) is 0 Å². The largest absolute Gasteiger partial charge is 0.471 e. The summed E-state index contributed by atoms with van der Waals surface area (Å²) in [5, 5.41) is 1.90. The van der Waals surface area contributed by atoms with Crippen molar-refractivity contribution in [3.05, 3.63) is 25.3 Å². The Bertz CT molecular complexity index is 2420. The zero-order chi connectivity index (χ0) is 60.1. The number of halogens is 3. The summed E-state index contributed by atoms with van der Waals surface area (Å²) in [4.78, 5) is 56.4. The van der Waals surface area contributed by atoms with Crippen molar-refractivity contribution < 1.29 is 55.4 Å². The Kier molecular flexibility index (Phi) is 36.4. The second kappa shape index (κ2) is 41.2. The highest BCUT2D eigenvalue weighted by atomic mass is 31.2. The number of carbonyl (C=O) groups excluding carboxylic acids is 1. The van der Waals surface area contributed by atoms with Crippen LogP contribution in [0.1, 0.15) is 220 Å². The molecular weight excluding hydrogens is 1100 g/mol. The molecule has 1 amide bonds. The lowest BCUT2D eigenvalue weighted by molar-refractivity contribution is -0.174. The van der Waals surface area contributed by atoms with Gasteiger partial charge in [-0.15, -0.1) is 0 Å². The van der Waals surface area contributed by atoms with E-state index in [1.165, 1.54) is 154 Å². The number of imidazole rings is 2. The molecule has 0 aromatic carbocycles. The van der Waals surface area contributed by atoms with E-state index in [1.807, 2.05) is 5.32 Å². The van der Waals surface area contributed by atoms with E-state index in [9.17, 15) is 36.9 Å². The van der Waals surface area contributed by atoms with Gasteiger partial charge in [-0.3, -0.25) is 13.9 Å². The van der Waals surface area contributed by atoms with E-state index in [0.29, 0.717) is 41.1 Å². The first kappa shape index (κ1) is 72.4. The molecule has 0 aliphatic carbocycles. The van der Waals surface area contributed by atoms with Crippen molar-refractivity contribution in [2.75, 3.05) is 37.4 Å². The van der Waals surface area contributed by atoms with Gasteiger partial charge in [0, 0.05) is 6.04 Å². The van der Waals surface area contributed by atoms with Gasteiger partial charge in [-0.1, -0.05) is 194 Å². The maximum Gasteiger partial charge on any atom is 0.471 e. The lowest BCUT2D eigenvalue weighted by Crippen LogP contribution is -2.45. The number of aromatic nitrogens is 8. The van der Waals surface area contributed by atoms with Gasteiger partial charge in [-0.25, -0.2) is 29.9 Å². The number of amides is 1. The van der Waals surface area contributed by atoms with E-state index in [-0.39, 0.29) is 37.5 Å². The van der Waals surface area contributed by atoms with Crippen LogP contribution in [0, 0.1) is 0 Å². The molecule has 0 bridgehead atoms. The number of nitrogens with two attached hydrogens (primary N) is 3. The summed E-state index contributed by atoms with van der Waals surface area (Å²) in [5.41, 5.74) is 19.7. The summed E-state index contributed by atoms with van der Waals surface area (Å²) < 4.78 is 88.4. The van der Waals surface area contributed by atoms with Crippen molar-refractivity contribution in [1.82, 2.24) is 44.4 Å². The normalized spacial score (nSPS) is 15.0. The van der Waals surface area contributed by atoms with Crippen molar-refractivity contribution in [2.45, 2.75) is 264 Å². The molecule has 2 unspecified atom stereocenters. The van der Waals surface area contributed by atoms with Gasteiger partial charge >= 0.3 is 27.3 Å². The number of hydrogen-bond acceptors (Lipinski definition) is 16. The van der Waals surface area contributed by atoms with Crippen molar-refractivity contribution in [2.24, 2.45) is 5.73 Å². The number of ether oxygens (including phenoxy) is 2. The van der Waals surface area contributed by atoms with E-state index in [1.54, 1.807) is 29.3 Å². The highest BCUT2D eigenvalue weighted by molar-refractivity contribution is 7.52. The molecule has 0 fully saturated rings. The second-order valence-corrected chi connectivity index (χ2v) is 25.5. The van der Waals surface area contributed by atoms with Crippen LogP contribution < -0.4 is 22.5 Å². The first-order chi connectivity index (χ1) is 39.2. The third kappa shape index (κ3) is 31.9. The van der Waals surface area contributed by atoms with Gasteiger partial charge in [0.15, 0.2) is 22.9 Å². The second-order valence-electron chi connectivity index (χ2n) is 21.9. The summed E-state index contributed by atoms with van der Waals surface area (Å²) in [6.07, 6.45) is 34.0. The molecule has 82 heavy (non-hydrogen) atoms. The average molecular weight is 1210 g/mol. The lowest BCUT2D eigenvalue weighted by Gasteiger charge is -2.22. The van der Waals surface area contributed by atoms with Crippen molar-refractivity contribution in [1.29, 1.82) is 0 Å². The van der Waals surface area contributed by atoms with Crippen LogP contribution in [0.5, 0.6) is 0 Å². The Morgan fingerprint density at radius 1 is 0.561 bits per heavy atom. The zero-order valence-corrected chi connectivity index (χ0v) is 51.5. The maximum atomic E-state index is 12.9. The van der Waals surface area contributed by atoms with Crippen LogP contribution >= 0.6 is 15.2 Å². The van der Waals surface area contributed by atoms with Crippen LogP contribution in [0.15, 0.2) is 25.3 Å². The van der Waals surface area contributed by atoms with Crippen molar-refractivity contribution in [3.63, 3.8) is 0 Å². The molecule has 4 heterocycles. The SMILES string of the molecule is CCCCCCCCCCCCCCCC[C@@H](N)COP(=O)(O)CO[C@H](C)Cn1cnc2c(N)ncnc21.CCCCCCCCCCCCCCCC[C@H](COP(=O)(O)CO[C@H](C)Cn1cnc2c(N)ncnc21)NC(=O)C(F)(F)F. The number of nitrogens with one attached hydrogen (secondary N) is 1. The smallest absolute Gasteiger partial charge is 0.382 e. The number of nitrogen functional groups attached to an aromatic ring is 2. The Labute approximate surface area is 485 Å². The number of carbonyl (C=O) groups is 1.